The van der Waals surface area contributed by atoms with Crippen LogP contribution in [0.5, 0.6) is 5.75 Å². The molecule has 4 heteroatoms. The summed E-state index contributed by atoms with van der Waals surface area (Å²) in [6.07, 6.45) is 0. The number of aromatic nitrogens is 1. The van der Waals surface area contributed by atoms with E-state index in [1.165, 1.54) is 5.56 Å². The van der Waals surface area contributed by atoms with Crippen molar-refractivity contribution in [3.8, 4) is 17.0 Å². The Morgan fingerprint density at radius 3 is 2.41 bits per heavy atom. The van der Waals surface area contributed by atoms with Crippen LogP contribution in [0.15, 0.2) is 72.8 Å². The molecule has 0 atom stereocenters. The minimum absolute atomic E-state index is 0.167. The maximum absolute atomic E-state index is 13.1. The van der Waals surface area contributed by atoms with E-state index in [0.29, 0.717) is 11.3 Å². The second kappa shape index (κ2) is 7.76. The third kappa shape index (κ3) is 3.83. The second-order valence-corrected chi connectivity index (χ2v) is 7.07. The molecule has 0 aliphatic rings. The zero-order valence-electron chi connectivity index (χ0n) is 16.7. The van der Waals surface area contributed by atoms with Crippen molar-refractivity contribution in [2.75, 3.05) is 12.4 Å². The number of aryl methyl sites for hydroxylation is 2. The average molecular weight is 382 g/mol. The van der Waals surface area contributed by atoms with E-state index in [0.717, 1.165) is 33.5 Å². The Morgan fingerprint density at radius 1 is 0.931 bits per heavy atom. The van der Waals surface area contributed by atoms with Gasteiger partial charge in [-0.1, -0.05) is 42.0 Å². The van der Waals surface area contributed by atoms with Gasteiger partial charge in [-0.2, -0.15) is 0 Å². The number of hydrogen-bond donors (Lipinski definition) is 1. The van der Waals surface area contributed by atoms with Crippen LogP contribution in [-0.4, -0.2) is 18.0 Å². The third-order valence-electron chi connectivity index (χ3n) is 4.97. The van der Waals surface area contributed by atoms with Gasteiger partial charge in [0.2, 0.25) is 0 Å². The number of benzene rings is 3. The lowest BCUT2D eigenvalue weighted by Gasteiger charge is -2.12. The second-order valence-electron chi connectivity index (χ2n) is 7.07. The van der Waals surface area contributed by atoms with Crippen molar-refractivity contribution in [2.24, 2.45) is 0 Å². The molecule has 1 aromatic heterocycles. The van der Waals surface area contributed by atoms with E-state index in [-0.39, 0.29) is 5.91 Å². The number of carbonyl (C=O) groups excluding carboxylic acids is 1. The molecule has 0 bridgehead atoms. The van der Waals surface area contributed by atoms with Gasteiger partial charge < -0.3 is 10.1 Å². The van der Waals surface area contributed by atoms with Gasteiger partial charge in [-0.3, -0.25) is 4.79 Å². The van der Waals surface area contributed by atoms with Crippen molar-refractivity contribution < 1.29 is 9.53 Å². The fraction of sp³-hybridized carbons (Fsp3) is 0.120. The molecule has 1 heterocycles. The van der Waals surface area contributed by atoms with Crippen LogP contribution in [0.3, 0.4) is 0 Å². The number of pyridine rings is 1. The van der Waals surface area contributed by atoms with Crippen molar-refractivity contribution in [3.63, 3.8) is 0 Å². The van der Waals surface area contributed by atoms with Crippen molar-refractivity contribution in [1.82, 2.24) is 4.98 Å². The average Bonchev–Trinajstić information content (AvgIpc) is 2.73. The topological polar surface area (TPSA) is 51.2 Å². The van der Waals surface area contributed by atoms with Gasteiger partial charge in [-0.25, -0.2) is 4.98 Å². The molecule has 3 aromatic carbocycles. The van der Waals surface area contributed by atoms with E-state index < -0.39 is 0 Å². The summed E-state index contributed by atoms with van der Waals surface area (Å²) in [5.74, 6) is 0.578. The maximum Gasteiger partial charge on any atom is 0.256 e. The van der Waals surface area contributed by atoms with Gasteiger partial charge in [0.1, 0.15) is 5.75 Å². The molecule has 0 saturated carbocycles. The normalized spacial score (nSPS) is 10.7. The Bertz CT molecular complexity index is 1200. The maximum atomic E-state index is 13.1. The molecular weight excluding hydrogens is 360 g/mol. The summed E-state index contributed by atoms with van der Waals surface area (Å²) in [5, 5.41) is 3.81. The van der Waals surface area contributed by atoms with Crippen LogP contribution in [0.4, 0.5) is 5.69 Å². The third-order valence-corrected chi connectivity index (χ3v) is 4.97. The highest BCUT2D eigenvalue weighted by molar-refractivity contribution is 6.13. The van der Waals surface area contributed by atoms with Crippen LogP contribution >= 0.6 is 0 Å². The molecule has 4 rings (SSSR count). The van der Waals surface area contributed by atoms with Crippen molar-refractivity contribution >= 4 is 22.5 Å². The zero-order chi connectivity index (χ0) is 20.4. The van der Waals surface area contributed by atoms with Gasteiger partial charge in [0, 0.05) is 16.6 Å². The molecular formula is C25H22N2O2. The van der Waals surface area contributed by atoms with E-state index >= 15 is 0 Å². The number of hydrogen-bond acceptors (Lipinski definition) is 3. The zero-order valence-corrected chi connectivity index (χ0v) is 16.7. The lowest BCUT2D eigenvalue weighted by molar-refractivity contribution is 0.102. The number of ether oxygens (including phenoxy) is 1. The molecule has 0 fully saturated rings. The van der Waals surface area contributed by atoms with E-state index in [9.17, 15) is 4.79 Å². The number of carbonyl (C=O) groups is 1. The molecule has 144 valence electrons. The highest BCUT2D eigenvalue weighted by atomic mass is 16.5. The van der Waals surface area contributed by atoms with Crippen LogP contribution in [0.1, 0.15) is 21.5 Å². The monoisotopic (exact) mass is 382 g/mol. The molecule has 0 spiro atoms. The summed E-state index contributed by atoms with van der Waals surface area (Å²) in [5.41, 5.74) is 6.26. The predicted octanol–water partition coefficient (Wildman–Crippen LogP) is 5.78. The summed E-state index contributed by atoms with van der Waals surface area (Å²) < 4.78 is 5.18. The Hall–Kier alpha value is -3.66. The van der Waals surface area contributed by atoms with Crippen molar-refractivity contribution in [2.45, 2.75) is 13.8 Å². The fourth-order valence-corrected chi connectivity index (χ4v) is 3.48. The summed E-state index contributed by atoms with van der Waals surface area (Å²) in [6.45, 7) is 4.13. The lowest BCUT2D eigenvalue weighted by Crippen LogP contribution is -2.13. The Kier molecular flexibility index (Phi) is 5.00. The van der Waals surface area contributed by atoms with E-state index in [2.05, 4.69) is 37.4 Å². The van der Waals surface area contributed by atoms with Crippen LogP contribution in [-0.2, 0) is 0 Å². The Labute approximate surface area is 170 Å². The van der Waals surface area contributed by atoms with E-state index in [1.54, 1.807) is 7.11 Å². The summed E-state index contributed by atoms with van der Waals surface area (Å²) in [6, 6.07) is 23.1. The molecule has 0 unspecified atom stereocenters. The highest BCUT2D eigenvalue weighted by Crippen LogP contribution is 2.28. The minimum atomic E-state index is -0.167. The SMILES string of the molecule is COc1ccc(NC(=O)c2cc(-c3ccc(C)cc3C)nc3ccccc23)cc1. The van der Waals surface area contributed by atoms with Gasteiger partial charge in [-0.15, -0.1) is 0 Å². The lowest BCUT2D eigenvalue weighted by atomic mass is 9.99. The van der Waals surface area contributed by atoms with Crippen molar-refractivity contribution in [3.05, 3.63) is 89.5 Å². The number of para-hydroxylation sites is 1. The number of anilines is 1. The first-order valence-corrected chi connectivity index (χ1v) is 9.48. The van der Waals surface area contributed by atoms with Gasteiger partial charge in [0.15, 0.2) is 0 Å². The van der Waals surface area contributed by atoms with Gasteiger partial charge in [-0.05, 0) is 55.8 Å². The Balaban J connectivity index is 1.78. The number of fused-ring (bicyclic) bond motifs is 1. The predicted molar refractivity (Wildman–Crippen MR) is 118 cm³/mol. The number of methoxy groups -OCH3 is 1. The van der Waals surface area contributed by atoms with Crippen LogP contribution in [0.25, 0.3) is 22.2 Å². The molecule has 0 aliphatic carbocycles. The number of amides is 1. The summed E-state index contributed by atoms with van der Waals surface area (Å²) >= 11 is 0. The number of nitrogens with zero attached hydrogens (tertiary/aromatic N) is 1. The van der Waals surface area contributed by atoms with Crippen LogP contribution in [0, 0.1) is 13.8 Å². The Morgan fingerprint density at radius 2 is 1.69 bits per heavy atom. The van der Waals surface area contributed by atoms with Gasteiger partial charge in [0.05, 0.1) is 23.9 Å². The summed E-state index contributed by atoms with van der Waals surface area (Å²) in [7, 11) is 1.62. The quantitative estimate of drug-likeness (QED) is 0.487. The first kappa shape index (κ1) is 18.7. The minimum Gasteiger partial charge on any atom is -0.497 e. The van der Waals surface area contributed by atoms with Crippen molar-refractivity contribution in [1.29, 1.82) is 0 Å². The molecule has 1 N–H and O–H groups in total. The number of nitrogens with one attached hydrogen (secondary N) is 1. The molecule has 0 saturated heterocycles. The summed E-state index contributed by atoms with van der Waals surface area (Å²) in [4.78, 5) is 17.9. The largest absolute Gasteiger partial charge is 0.497 e. The van der Waals surface area contributed by atoms with Crippen LogP contribution < -0.4 is 10.1 Å². The first-order valence-electron chi connectivity index (χ1n) is 9.48. The van der Waals surface area contributed by atoms with Crippen LogP contribution in [0.2, 0.25) is 0 Å². The smallest absolute Gasteiger partial charge is 0.256 e. The molecule has 29 heavy (non-hydrogen) atoms. The molecule has 0 radical (unpaired) electrons. The standard InChI is InChI=1S/C25H22N2O2/c1-16-8-13-20(17(2)14-16)24-15-22(21-6-4-5-7-23(21)27-24)25(28)26-18-9-11-19(29-3)12-10-18/h4-15H,1-3H3,(H,26,28). The van der Waals surface area contributed by atoms with Gasteiger partial charge >= 0.3 is 0 Å². The van der Waals surface area contributed by atoms with Gasteiger partial charge in [0.25, 0.3) is 5.91 Å². The van der Waals surface area contributed by atoms with E-state index in [4.69, 9.17) is 9.72 Å². The molecule has 4 nitrogen and oxygen atoms in total. The highest BCUT2D eigenvalue weighted by Gasteiger charge is 2.15. The number of rotatable bonds is 4. The fourth-order valence-electron chi connectivity index (χ4n) is 3.48. The molecule has 1 amide bonds. The first-order chi connectivity index (χ1) is 14.0. The van der Waals surface area contributed by atoms with E-state index in [1.807, 2.05) is 54.6 Å². The molecule has 4 aromatic rings. The molecule has 0 aliphatic heterocycles.